The summed E-state index contributed by atoms with van der Waals surface area (Å²) in [6.07, 6.45) is 1.04. The van der Waals surface area contributed by atoms with Crippen molar-refractivity contribution in [1.29, 1.82) is 0 Å². The zero-order valence-corrected chi connectivity index (χ0v) is 14.6. The van der Waals surface area contributed by atoms with E-state index in [-0.39, 0.29) is 11.3 Å². The van der Waals surface area contributed by atoms with Gasteiger partial charge in [0, 0.05) is 17.9 Å². The number of nitrogens with zero attached hydrogens (tertiary/aromatic N) is 1. The minimum absolute atomic E-state index is 0.137. The van der Waals surface area contributed by atoms with Crippen molar-refractivity contribution >= 4 is 17.7 Å². The van der Waals surface area contributed by atoms with Crippen LogP contribution in [0, 0.1) is 5.92 Å². The monoisotopic (exact) mass is 325 g/mol. The van der Waals surface area contributed by atoms with Crippen LogP contribution in [0.3, 0.4) is 0 Å². The Morgan fingerprint density at radius 3 is 2.48 bits per heavy atom. The highest BCUT2D eigenvalue weighted by Crippen LogP contribution is 2.42. The summed E-state index contributed by atoms with van der Waals surface area (Å²) < 4.78 is 0. The molecule has 1 aliphatic heterocycles. The van der Waals surface area contributed by atoms with Crippen molar-refractivity contribution in [3.63, 3.8) is 0 Å². The second-order valence-electron chi connectivity index (χ2n) is 6.42. The third-order valence-corrected chi connectivity index (χ3v) is 5.52. The number of rotatable bonds is 6. The van der Waals surface area contributed by atoms with Gasteiger partial charge in [0.25, 0.3) is 5.91 Å². The maximum atomic E-state index is 12.7. The summed E-state index contributed by atoms with van der Waals surface area (Å²) in [7, 11) is 0. The van der Waals surface area contributed by atoms with Crippen LogP contribution in [0.15, 0.2) is 54.6 Å². The van der Waals surface area contributed by atoms with Gasteiger partial charge in [-0.1, -0.05) is 62.4 Å². The SMILES string of the molecule is CC(C)CCN1C(=O)c2ccccc2[C@@H]1SCc1ccccc1. The van der Waals surface area contributed by atoms with Gasteiger partial charge in [-0.15, -0.1) is 11.8 Å². The Morgan fingerprint density at radius 1 is 1.04 bits per heavy atom. The predicted octanol–water partition coefficient (Wildman–Crippen LogP) is 5.12. The normalized spacial score (nSPS) is 16.9. The molecular formula is C20H23NOS. The van der Waals surface area contributed by atoms with E-state index in [0.29, 0.717) is 5.92 Å². The summed E-state index contributed by atoms with van der Waals surface area (Å²) >= 11 is 1.85. The van der Waals surface area contributed by atoms with Crippen molar-refractivity contribution < 1.29 is 4.79 Å². The topological polar surface area (TPSA) is 20.3 Å². The largest absolute Gasteiger partial charge is 0.322 e. The molecule has 2 nitrogen and oxygen atoms in total. The standard InChI is InChI=1S/C20H23NOS/c1-15(2)12-13-21-19(22)17-10-6-7-11-18(17)20(21)23-14-16-8-4-3-5-9-16/h3-11,15,20H,12-14H2,1-2H3/t20-/m0/s1. The summed E-state index contributed by atoms with van der Waals surface area (Å²) in [5.74, 6) is 1.71. The Morgan fingerprint density at radius 2 is 1.74 bits per heavy atom. The Hall–Kier alpha value is -1.74. The molecule has 1 amide bonds. The van der Waals surface area contributed by atoms with Crippen molar-refractivity contribution in [3.8, 4) is 0 Å². The van der Waals surface area contributed by atoms with Gasteiger partial charge in [-0.3, -0.25) is 4.79 Å². The molecule has 1 heterocycles. The fourth-order valence-electron chi connectivity index (χ4n) is 2.88. The lowest BCUT2D eigenvalue weighted by atomic mass is 10.1. The fraction of sp³-hybridized carbons (Fsp3) is 0.350. The Balaban J connectivity index is 1.79. The smallest absolute Gasteiger partial charge is 0.255 e. The van der Waals surface area contributed by atoms with Gasteiger partial charge in [0.15, 0.2) is 0 Å². The number of thioether (sulfide) groups is 1. The first kappa shape index (κ1) is 16.1. The molecule has 1 aliphatic rings. The number of hydrogen-bond acceptors (Lipinski definition) is 2. The van der Waals surface area contributed by atoms with E-state index in [0.717, 1.165) is 24.3 Å². The molecule has 0 spiro atoms. The van der Waals surface area contributed by atoms with Crippen molar-refractivity contribution in [2.75, 3.05) is 6.54 Å². The Labute approximate surface area is 142 Å². The lowest BCUT2D eigenvalue weighted by Crippen LogP contribution is -2.28. The first-order valence-corrected chi connectivity index (χ1v) is 9.27. The van der Waals surface area contributed by atoms with Gasteiger partial charge < -0.3 is 4.90 Å². The van der Waals surface area contributed by atoms with Gasteiger partial charge in [-0.2, -0.15) is 0 Å². The number of fused-ring (bicyclic) bond motifs is 1. The van der Waals surface area contributed by atoms with Crippen LogP contribution >= 0.6 is 11.8 Å². The maximum absolute atomic E-state index is 12.7. The van der Waals surface area contributed by atoms with Crippen LogP contribution in [0.25, 0.3) is 0 Å². The zero-order valence-electron chi connectivity index (χ0n) is 13.7. The van der Waals surface area contributed by atoms with Crippen molar-refractivity contribution in [3.05, 3.63) is 71.3 Å². The Kier molecular flexibility index (Phi) is 5.06. The third-order valence-electron chi connectivity index (χ3n) is 4.20. The average Bonchev–Trinajstić information content (AvgIpc) is 2.84. The average molecular weight is 325 g/mol. The summed E-state index contributed by atoms with van der Waals surface area (Å²) in [5, 5.41) is 0.137. The Bertz CT molecular complexity index is 668. The van der Waals surface area contributed by atoms with Crippen molar-refractivity contribution in [1.82, 2.24) is 4.90 Å². The predicted molar refractivity (Wildman–Crippen MR) is 97.4 cm³/mol. The molecule has 120 valence electrons. The number of benzene rings is 2. The molecule has 1 atom stereocenters. The van der Waals surface area contributed by atoms with E-state index < -0.39 is 0 Å². The summed E-state index contributed by atoms with van der Waals surface area (Å²) in [6, 6.07) is 18.5. The molecule has 0 radical (unpaired) electrons. The van der Waals surface area contributed by atoms with Gasteiger partial charge in [0.1, 0.15) is 5.37 Å². The lowest BCUT2D eigenvalue weighted by Gasteiger charge is -2.25. The molecule has 2 aromatic rings. The van der Waals surface area contributed by atoms with Crippen molar-refractivity contribution in [2.24, 2.45) is 5.92 Å². The summed E-state index contributed by atoms with van der Waals surface area (Å²) in [5.41, 5.74) is 3.35. The highest BCUT2D eigenvalue weighted by Gasteiger charge is 2.36. The van der Waals surface area contributed by atoms with E-state index in [1.54, 1.807) is 0 Å². The number of carbonyl (C=O) groups is 1. The van der Waals surface area contributed by atoms with Crippen LogP contribution < -0.4 is 0 Å². The first-order chi connectivity index (χ1) is 11.2. The second kappa shape index (κ2) is 7.22. The molecule has 0 aromatic heterocycles. The molecule has 2 aromatic carbocycles. The van der Waals surface area contributed by atoms with Gasteiger partial charge in [0.05, 0.1) is 0 Å². The second-order valence-corrected chi connectivity index (χ2v) is 7.49. The third kappa shape index (κ3) is 3.61. The van der Waals surface area contributed by atoms with Gasteiger partial charge >= 0.3 is 0 Å². The van der Waals surface area contributed by atoms with E-state index >= 15 is 0 Å². The fourth-order valence-corrected chi connectivity index (χ4v) is 4.19. The molecule has 23 heavy (non-hydrogen) atoms. The van der Waals surface area contributed by atoms with E-state index in [1.807, 2.05) is 36.0 Å². The molecule has 0 unspecified atom stereocenters. The highest BCUT2D eigenvalue weighted by atomic mass is 32.2. The van der Waals surface area contributed by atoms with Gasteiger partial charge in [-0.05, 0) is 29.5 Å². The van der Waals surface area contributed by atoms with Gasteiger partial charge in [0.2, 0.25) is 0 Å². The summed E-state index contributed by atoms with van der Waals surface area (Å²) in [6.45, 7) is 5.25. The quantitative estimate of drug-likeness (QED) is 0.734. The molecule has 3 heteroatoms. The molecule has 3 rings (SSSR count). The van der Waals surface area contributed by atoms with Crippen LogP contribution in [0.4, 0.5) is 0 Å². The molecule has 0 saturated heterocycles. The molecule has 0 N–H and O–H groups in total. The summed E-state index contributed by atoms with van der Waals surface area (Å²) in [4.78, 5) is 14.8. The van der Waals surface area contributed by atoms with Crippen LogP contribution in [-0.2, 0) is 5.75 Å². The van der Waals surface area contributed by atoms with Crippen LogP contribution in [-0.4, -0.2) is 17.4 Å². The molecule has 0 aliphatic carbocycles. The van der Waals surface area contributed by atoms with E-state index in [9.17, 15) is 4.79 Å². The zero-order chi connectivity index (χ0) is 16.2. The first-order valence-electron chi connectivity index (χ1n) is 8.22. The molecular weight excluding hydrogens is 302 g/mol. The molecule has 0 saturated carbocycles. The van der Waals surface area contributed by atoms with Crippen LogP contribution in [0.1, 0.15) is 47.1 Å². The minimum Gasteiger partial charge on any atom is -0.322 e. The maximum Gasteiger partial charge on any atom is 0.255 e. The van der Waals surface area contributed by atoms with E-state index in [2.05, 4.69) is 49.1 Å². The van der Waals surface area contributed by atoms with E-state index in [1.165, 1.54) is 11.1 Å². The van der Waals surface area contributed by atoms with Crippen molar-refractivity contribution in [2.45, 2.75) is 31.4 Å². The van der Waals surface area contributed by atoms with Gasteiger partial charge in [-0.25, -0.2) is 0 Å². The molecule has 0 bridgehead atoms. The number of carbonyl (C=O) groups excluding carboxylic acids is 1. The number of hydrogen-bond donors (Lipinski definition) is 0. The van der Waals surface area contributed by atoms with E-state index in [4.69, 9.17) is 0 Å². The number of amides is 1. The van der Waals surface area contributed by atoms with Crippen LogP contribution in [0.5, 0.6) is 0 Å². The molecule has 0 fully saturated rings. The highest BCUT2D eigenvalue weighted by molar-refractivity contribution is 7.98. The van der Waals surface area contributed by atoms with Crippen LogP contribution in [0.2, 0.25) is 0 Å². The lowest BCUT2D eigenvalue weighted by molar-refractivity contribution is 0.0766. The minimum atomic E-state index is 0.137.